The molecule has 1 amide bonds. The molecule has 0 saturated heterocycles. The van der Waals surface area contributed by atoms with E-state index in [9.17, 15) is 4.79 Å². The summed E-state index contributed by atoms with van der Waals surface area (Å²) >= 11 is 2.72. The van der Waals surface area contributed by atoms with Crippen molar-refractivity contribution < 1.29 is 4.79 Å². The third kappa shape index (κ3) is 2.98. The molecule has 7 heteroatoms. The number of hydrogen-bond acceptors (Lipinski definition) is 6. The van der Waals surface area contributed by atoms with Gasteiger partial charge in [0.15, 0.2) is 0 Å². The van der Waals surface area contributed by atoms with E-state index in [0.717, 1.165) is 33.5 Å². The summed E-state index contributed by atoms with van der Waals surface area (Å²) in [6.07, 6.45) is 0. The molecule has 0 aliphatic carbocycles. The monoisotopic (exact) mass is 316 g/mol. The maximum absolute atomic E-state index is 12.1. The van der Waals surface area contributed by atoms with Crippen molar-refractivity contribution in [1.82, 2.24) is 14.6 Å². The Labute approximate surface area is 129 Å². The van der Waals surface area contributed by atoms with E-state index in [1.54, 1.807) is 18.3 Å². The van der Waals surface area contributed by atoms with Gasteiger partial charge >= 0.3 is 0 Å². The number of carbonyl (C=O) groups excluding carboxylic acids is 1. The molecule has 0 saturated carbocycles. The maximum atomic E-state index is 12.1. The van der Waals surface area contributed by atoms with E-state index in [0.29, 0.717) is 10.6 Å². The minimum Gasteiger partial charge on any atom is -0.321 e. The Morgan fingerprint density at radius 1 is 1.19 bits per heavy atom. The van der Waals surface area contributed by atoms with Crippen LogP contribution in [0.2, 0.25) is 0 Å². The summed E-state index contributed by atoms with van der Waals surface area (Å²) in [4.78, 5) is 17.0. The summed E-state index contributed by atoms with van der Waals surface area (Å²) in [5.41, 5.74) is 3.38. The molecule has 0 radical (unpaired) electrons. The van der Waals surface area contributed by atoms with Gasteiger partial charge in [0.25, 0.3) is 5.91 Å². The highest BCUT2D eigenvalue weighted by Crippen LogP contribution is 2.23. The lowest BCUT2D eigenvalue weighted by Crippen LogP contribution is -2.11. The number of carbonyl (C=O) groups is 1. The van der Waals surface area contributed by atoms with Crippen molar-refractivity contribution in [3.63, 3.8) is 0 Å². The van der Waals surface area contributed by atoms with Gasteiger partial charge in [-0.1, -0.05) is 16.6 Å². The number of aromatic nitrogens is 3. The van der Waals surface area contributed by atoms with Crippen molar-refractivity contribution in [3.05, 3.63) is 45.2 Å². The molecule has 5 nitrogen and oxygen atoms in total. The molecule has 0 aliphatic heterocycles. The van der Waals surface area contributed by atoms with E-state index in [2.05, 4.69) is 19.9 Å². The number of nitrogens with zero attached hydrogens (tertiary/aromatic N) is 3. The first-order valence-corrected chi connectivity index (χ1v) is 7.91. The highest BCUT2D eigenvalue weighted by Gasteiger charge is 2.13. The fourth-order valence-electron chi connectivity index (χ4n) is 1.85. The van der Waals surface area contributed by atoms with Crippen LogP contribution >= 0.6 is 22.9 Å². The highest BCUT2D eigenvalue weighted by atomic mass is 32.1. The molecule has 3 rings (SSSR count). The van der Waals surface area contributed by atoms with Gasteiger partial charge in [0.1, 0.15) is 4.88 Å². The lowest BCUT2D eigenvalue weighted by atomic mass is 10.1. The van der Waals surface area contributed by atoms with Crippen LogP contribution in [0.3, 0.4) is 0 Å². The van der Waals surface area contributed by atoms with Crippen LogP contribution in [0.25, 0.3) is 11.3 Å². The molecule has 1 N–H and O–H groups in total. The first-order valence-electron chi connectivity index (χ1n) is 6.26. The number of benzene rings is 1. The molecule has 1 aromatic carbocycles. The number of nitrogens with one attached hydrogen (secondary N) is 1. The summed E-state index contributed by atoms with van der Waals surface area (Å²) in [6, 6.07) is 7.63. The third-order valence-corrected chi connectivity index (χ3v) is 4.52. The Morgan fingerprint density at radius 2 is 1.95 bits per heavy atom. The number of rotatable bonds is 3. The summed E-state index contributed by atoms with van der Waals surface area (Å²) < 4.78 is 3.76. The molecular weight excluding hydrogens is 304 g/mol. The first kappa shape index (κ1) is 13.8. The largest absolute Gasteiger partial charge is 0.321 e. The van der Waals surface area contributed by atoms with Gasteiger partial charge in [-0.25, -0.2) is 4.98 Å². The number of amides is 1. The molecule has 3 aromatic rings. The highest BCUT2D eigenvalue weighted by molar-refractivity contribution is 7.09. The minimum atomic E-state index is -0.181. The van der Waals surface area contributed by atoms with Gasteiger partial charge < -0.3 is 5.32 Å². The molecule has 0 bridgehead atoms. The van der Waals surface area contributed by atoms with Gasteiger partial charge in [0, 0.05) is 16.6 Å². The first-order chi connectivity index (χ1) is 10.1. The summed E-state index contributed by atoms with van der Waals surface area (Å²) in [7, 11) is 0. The summed E-state index contributed by atoms with van der Waals surface area (Å²) in [5.74, 6) is -0.181. The zero-order valence-electron chi connectivity index (χ0n) is 11.5. The predicted octanol–water partition coefficient (Wildman–Crippen LogP) is 3.53. The Hall–Kier alpha value is -2.12. The van der Waals surface area contributed by atoms with Gasteiger partial charge in [-0.3, -0.25) is 4.79 Å². The Bertz CT molecular complexity index is 776. The zero-order valence-corrected chi connectivity index (χ0v) is 13.1. The Balaban J connectivity index is 1.76. The maximum Gasteiger partial charge on any atom is 0.269 e. The average Bonchev–Trinajstić information content (AvgIpc) is 3.08. The second-order valence-corrected chi connectivity index (χ2v) is 6.29. The Kier molecular flexibility index (Phi) is 3.76. The van der Waals surface area contributed by atoms with Gasteiger partial charge in [0.2, 0.25) is 0 Å². The van der Waals surface area contributed by atoms with Crippen LogP contribution in [0.5, 0.6) is 0 Å². The fraction of sp³-hybridized carbons (Fsp3) is 0.143. The van der Waals surface area contributed by atoms with E-state index in [-0.39, 0.29) is 5.91 Å². The fourth-order valence-corrected chi connectivity index (χ4v) is 3.02. The van der Waals surface area contributed by atoms with E-state index >= 15 is 0 Å². The van der Waals surface area contributed by atoms with Crippen LogP contribution in [-0.2, 0) is 0 Å². The molecule has 106 valence electrons. The van der Waals surface area contributed by atoms with Crippen molar-refractivity contribution in [3.8, 4) is 11.3 Å². The van der Waals surface area contributed by atoms with Gasteiger partial charge in [0.05, 0.1) is 16.4 Å². The summed E-state index contributed by atoms with van der Waals surface area (Å²) in [5, 5.41) is 9.74. The second-order valence-electron chi connectivity index (χ2n) is 4.47. The number of thiazole rings is 1. The van der Waals surface area contributed by atoms with Gasteiger partial charge in [-0.15, -0.1) is 16.4 Å². The quantitative estimate of drug-likeness (QED) is 0.802. The van der Waals surface area contributed by atoms with Crippen molar-refractivity contribution in [2.24, 2.45) is 0 Å². The van der Waals surface area contributed by atoms with Crippen molar-refractivity contribution in [2.45, 2.75) is 13.8 Å². The Morgan fingerprint density at radius 3 is 2.52 bits per heavy atom. The average molecular weight is 316 g/mol. The number of hydrogen-bond donors (Lipinski definition) is 1. The van der Waals surface area contributed by atoms with Crippen LogP contribution < -0.4 is 5.32 Å². The number of anilines is 1. The lowest BCUT2D eigenvalue weighted by Gasteiger charge is -2.04. The lowest BCUT2D eigenvalue weighted by molar-refractivity contribution is 0.103. The molecule has 21 heavy (non-hydrogen) atoms. The van der Waals surface area contributed by atoms with Crippen LogP contribution in [0.4, 0.5) is 5.69 Å². The topological polar surface area (TPSA) is 67.8 Å². The van der Waals surface area contributed by atoms with Crippen LogP contribution in [-0.4, -0.2) is 20.5 Å². The summed E-state index contributed by atoms with van der Waals surface area (Å²) in [6.45, 7) is 3.75. The molecule has 0 aliphatic rings. The van der Waals surface area contributed by atoms with Crippen molar-refractivity contribution >= 4 is 34.5 Å². The van der Waals surface area contributed by atoms with E-state index in [1.807, 2.05) is 36.6 Å². The number of aryl methyl sites for hydroxylation is 2. The normalized spacial score (nSPS) is 10.6. The van der Waals surface area contributed by atoms with Crippen LogP contribution in [0, 0.1) is 13.8 Å². The van der Waals surface area contributed by atoms with Crippen LogP contribution in [0.1, 0.15) is 20.4 Å². The standard InChI is InChI=1S/C14H12N4OS2/c1-8-13(21-18-17-8)14(19)16-11-5-3-10(4-6-11)12-7-20-9(2)15-12/h3-7H,1-2H3,(H,16,19). The second kappa shape index (κ2) is 5.71. The predicted molar refractivity (Wildman–Crippen MR) is 84.9 cm³/mol. The molecule has 0 unspecified atom stereocenters. The third-order valence-electron chi connectivity index (χ3n) is 2.92. The molecule has 0 spiro atoms. The van der Waals surface area contributed by atoms with Crippen LogP contribution in [0.15, 0.2) is 29.6 Å². The molecule has 2 heterocycles. The molecule has 0 atom stereocenters. The molecular formula is C14H12N4OS2. The molecule has 2 aromatic heterocycles. The van der Waals surface area contributed by atoms with Gasteiger partial charge in [-0.2, -0.15) is 0 Å². The van der Waals surface area contributed by atoms with Gasteiger partial charge in [-0.05, 0) is 37.5 Å². The van der Waals surface area contributed by atoms with Crippen molar-refractivity contribution in [2.75, 3.05) is 5.32 Å². The van der Waals surface area contributed by atoms with E-state index in [1.165, 1.54) is 0 Å². The minimum absolute atomic E-state index is 0.181. The van der Waals surface area contributed by atoms with E-state index < -0.39 is 0 Å². The molecule has 0 fully saturated rings. The van der Waals surface area contributed by atoms with Crippen molar-refractivity contribution in [1.29, 1.82) is 0 Å². The zero-order chi connectivity index (χ0) is 14.8. The SMILES string of the molecule is Cc1nc(-c2ccc(NC(=O)c3snnc3C)cc2)cs1. The van der Waals surface area contributed by atoms with E-state index in [4.69, 9.17) is 0 Å². The smallest absolute Gasteiger partial charge is 0.269 e.